The quantitative estimate of drug-likeness (QED) is 0.794. The van der Waals surface area contributed by atoms with Gasteiger partial charge >= 0.3 is 0 Å². The van der Waals surface area contributed by atoms with E-state index in [9.17, 15) is 0 Å². The summed E-state index contributed by atoms with van der Waals surface area (Å²) in [6, 6.07) is 2.09. The van der Waals surface area contributed by atoms with Crippen LogP contribution in [0.3, 0.4) is 0 Å². The Morgan fingerprint density at radius 1 is 1.44 bits per heavy atom. The smallest absolute Gasteiger partial charge is 0.118 e. The summed E-state index contributed by atoms with van der Waals surface area (Å²) >= 11 is 0. The molecule has 2 N–H and O–H groups in total. The van der Waals surface area contributed by atoms with Crippen molar-refractivity contribution in [2.24, 2.45) is 5.73 Å². The number of hydrogen-bond acceptors (Lipinski definition) is 3. The Morgan fingerprint density at radius 3 is 2.88 bits per heavy atom. The SMILES string of the molecule is CC1=CCCN(Cc2cc(CN)oc2C)C1. The van der Waals surface area contributed by atoms with Crippen molar-refractivity contribution in [3.8, 4) is 0 Å². The molecule has 0 spiro atoms. The van der Waals surface area contributed by atoms with E-state index < -0.39 is 0 Å². The maximum atomic E-state index is 5.57. The van der Waals surface area contributed by atoms with Gasteiger partial charge in [0, 0.05) is 25.2 Å². The van der Waals surface area contributed by atoms with E-state index in [-0.39, 0.29) is 0 Å². The summed E-state index contributed by atoms with van der Waals surface area (Å²) in [6.45, 7) is 7.88. The molecular weight excluding hydrogens is 200 g/mol. The van der Waals surface area contributed by atoms with Crippen LogP contribution in [0.1, 0.15) is 30.4 Å². The molecule has 16 heavy (non-hydrogen) atoms. The monoisotopic (exact) mass is 220 g/mol. The molecule has 1 aromatic heterocycles. The van der Waals surface area contributed by atoms with E-state index in [2.05, 4.69) is 24.0 Å². The van der Waals surface area contributed by atoms with Crippen LogP contribution in [0, 0.1) is 6.92 Å². The van der Waals surface area contributed by atoms with E-state index in [4.69, 9.17) is 10.2 Å². The predicted molar refractivity (Wildman–Crippen MR) is 65.0 cm³/mol. The number of nitrogens with two attached hydrogens (primary N) is 1. The van der Waals surface area contributed by atoms with E-state index in [1.807, 2.05) is 6.92 Å². The first-order valence-corrected chi connectivity index (χ1v) is 5.85. The first kappa shape index (κ1) is 11.4. The van der Waals surface area contributed by atoms with E-state index in [0.717, 1.165) is 37.6 Å². The van der Waals surface area contributed by atoms with Crippen molar-refractivity contribution in [1.29, 1.82) is 0 Å². The van der Waals surface area contributed by atoms with Crippen LogP contribution in [-0.2, 0) is 13.1 Å². The highest BCUT2D eigenvalue weighted by atomic mass is 16.3. The zero-order chi connectivity index (χ0) is 11.5. The second-order valence-electron chi connectivity index (χ2n) is 4.55. The molecule has 0 bridgehead atoms. The molecule has 88 valence electrons. The summed E-state index contributed by atoms with van der Waals surface area (Å²) in [5.41, 5.74) is 8.31. The second-order valence-corrected chi connectivity index (χ2v) is 4.55. The van der Waals surface area contributed by atoms with Gasteiger partial charge in [-0.15, -0.1) is 0 Å². The maximum Gasteiger partial charge on any atom is 0.118 e. The predicted octanol–water partition coefficient (Wildman–Crippen LogP) is 2.20. The summed E-state index contributed by atoms with van der Waals surface area (Å²) in [6.07, 6.45) is 3.48. The molecule has 0 saturated heterocycles. The highest BCUT2D eigenvalue weighted by Crippen LogP contribution is 2.18. The van der Waals surface area contributed by atoms with E-state index in [0.29, 0.717) is 6.54 Å². The Morgan fingerprint density at radius 2 is 2.25 bits per heavy atom. The van der Waals surface area contributed by atoms with Gasteiger partial charge in [0.05, 0.1) is 6.54 Å². The standard InChI is InChI=1S/C13H20N2O/c1-10-4-3-5-15(8-10)9-12-6-13(7-14)16-11(12)2/h4,6H,3,5,7-9,14H2,1-2H3. The van der Waals surface area contributed by atoms with Crippen LogP contribution < -0.4 is 5.73 Å². The third kappa shape index (κ3) is 2.54. The van der Waals surface area contributed by atoms with Gasteiger partial charge in [0.15, 0.2) is 0 Å². The van der Waals surface area contributed by atoms with Gasteiger partial charge in [-0.3, -0.25) is 4.90 Å². The van der Waals surface area contributed by atoms with E-state index in [1.54, 1.807) is 0 Å². The largest absolute Gasteiger partial charge is 0.465 e. The first-order chi connectivity index (χ1) is 7.69. The number of hydrogen-bond donors (Lipinski definition) is 1. The first-order valence-electron chi connectivity index (χ1n) is 5.85. The lowest BCUT2D eigenvalue weighted by molar-refractivity contribution is 0.280. The van der Waals surface area contributed by atoms with Gasteiger partial charge in [-0.05, 0) is 26.3 Å². The van der Waals surface area contributed by atoms with Crippen LogP contribution in [-0.4, -0.2) is 18.0 Å². The zero-order valence-corrected chi connectivity index (χ0v) is 10.1. The van der Waals surface area contributed by atoms with Gasteiger partial charge in [0.1, 0.15) is 11.5 Å². The fraction of sp³-hybridized carbons (Fsp3) is 0.538. The minimum Gasteiger partial charge on any atom is -0.465 e. The topological polar surface area (TPSA) is 42.4 Å². The Labute approximate surface area is 96.9 Å². The fourth-order valence-corrected chi connectivity index (χ4v) is 2.21. The molecule has 0 amide bonds. The minimum atomic E-state index is 0.486. The molecule has 0 unspecified atom stereocenters. The number of furan rings is 1. The summed E-state index contributed by atoms with van der Waals surface area (Å²) in [4.78, 5) is 2.45. The zero-order valence-electron chi connectivity index (χ0n) is 10.1. The minimum absolute atomic E-state index is 0.486. The van der Waals surface area contributed by atoms with Crippen LogP contribution in [0.15, 0.2) is 22.1 Å². The average Bonchev–Trinajstić information content (AvgIpc) is 2.60. The highest BCUT2D eigenvalue weighted by molar-refractivity contribution is 5.21. The molecule has 0 fully saturated rings. The number of aryl methyl sites for hydroxylation is 1. The Hall–Kier alpha value is -1.06. The van der Waals surface area contributed by atoms with Crippen LogP contribution in [0.2, 0.25) is 0 Å². The van der Waals surface area contributed by atoms with Crippen molar-refractivity contribution < 1.29 is 4.42 Å². The van der Waals surface area contributed by atoms with Gasteiger partial charge in [-0.2, -0.15) is 0 Å². The molecule has 0 aliphatic carbocycles. The molecular formula is C13H20N2O. The maximum absolute atomic E-state index is 5.57. The molecule has 0 radical (unpaired) electrons. The van der Waals surface area contributed by atoms with Gasteiger partial charge in [0.2, 0.25) is 0 Å². The molecule has 1 aliphatic heterocycles. The lowest BCUT2D eigenvalue weighted by atomic mass is 10.1. The number of nitrogens with zero attached hydrogens (tertiary/aromatic N) is 1. The van der Waals surface area contributed by atoms with E-state index >= 15 is 0 Å². The molecule has 0 saturated carbocycles. The normalized spacial score (nSPS) is 17.6. The summed E-state index contributed by atoms with van der Waals surface area (Å²) in [5, 5.41) is 0. The molecule has 2 rings (SSSR count). The lowest BCUT2D eigenvalue weighted by Gasteiger charge is -2.25. The van der Waals surface area contributed by atoms with Crippen LogP contribution >= 0.6 is 0 Å². The average molecular weight is 220 g/mol. The molecule has 0 aromatic carbocycles. The third-order valence-electron chi connectivity index (χ3n) is 3.08. The van der Waals surface area contributed by atoms with Crippen LogP contribution in [0.25, 0.3) is 0 Å². The van der Waals surface area contributed by atoms with Gasteiger partial charge in [-0.25, -0.2) is 0 Å². The second kappa shape index (κ2) is 4.85. The van der Waals surface area contributed by atoms with E-state index in [1.165, 1.54) is 11.1 Å². The van der Waals surface area contributed by atoms with Gasteiger partial charge < -0.3 is 10.2 Å². The van der Waals surface area contributed by atoms with Gasteiger partial charge in [0.25, 0.3) is 0 Å². The Balaban J connectivity index is 2.03. The summed E-state index contributed by atoms with van der Waals surface area (Å²) < 4.78 is 5.57. The van der Waals surface area contributed by atoms with Crippen LogP contribution in [0.5, 0.6) is 0 Å². The molecule has 0 atom stereocenters. The molecule has 3 heteroatoms. The number of rotatable bonds is 3. The molecule has 1 aliphatic rings. The summed E-state index contributed by atoms with van der Waals surface area (Å²) in [5.74, 6) is 1.89. The van der Waals surface area contributed by atoms with Crippen molar-refractivity contribution >= 4 is 0 Å². The van der Waals surface area contributed by atoms with Crippen molar-refractivity contribution in [2.75, 3.05) is 13.1 Å². The van der Waals surface area contributed by atoms with Crippen molar-refractivity contribution in [3.63, 3.8) is 0 Å². The molecule has 2 heterocycles. The Kier molecular flexibility index (Phi) is 3.46. The van der Waals surface area contributed by atoms with Gasteiger partial charge in [-0.1, -0.05) is 11.6 Å². The fourth-order valence-electron chi connectivity index (χ4n) is 2.21. The van der Waals surface area contributed by atoms with Crippen molar-refractivity contribution in [2.45, 2.75) is 33.4 Å². The summed E-state index contributed by atoms with van der Waals surface area (Å²) in [7, 11) is 0. The molecule has 3 nitrogen and oxygen atoms in total. The van der Waals surface area contributed by atoms with Crippen LogP contribution in [0.4, 0.5) is 0 Å². The highest BCUT2D eigenvalue weighted by Gasteiger charge is 2.13. The molecule has 1 aromatic rings. The van der Waals surface area contributed by atoms with Crippen molar-refractivity contribution in [1.82, 2.24) is 4.90 Å². The Bertz CT molecular complexity index is 393. The third-order valence-corrected chi connectivity index (χ3v) is 3.08. The lowest BCUT2D eigenvalue weighted by Crippen LogP contribution is -2.28. The van der Waals surface area contributed by atoms with Crippen molar-refractivity contribution in [3.05, 3.63) is 34.8 Å².